The Hall–Kier alpha value is -1.12. The Labute approximate surface area is 124 Å². The number of carboxylic acid groups (broad SMARTS) is 1. The van der Waals surface area contributed by atoms with Gasteiger partial charge in [0.1, 0.15) is 6.54 Å². The molecule has 1 unspecified atom stereocenters. The van der Waals surface area contributed by atoms with Gasteiger partial charge in [0, 0.05) is 24.1 Å². The van der Waals surface area contributed by atoms with Crippen molar-refractivity contribution in [2.45, 2.75) is 37.5 Å². The predicted molar refractivity (Wildman–Crippen MR) is 71.3 cm³/mol. The Morgan fingerprint density at radius 3 is 2.52 bits per heavy atom. The van der Waals surface area contributed by atoms with Gasteiger partial charge in [-0.1, -0.05) is 0 Å². The van der Waals surface area contributed by atoms with Gasteiger partial charge in [-0.3, -0.25) is 4.79 Å². The molecule has 0 aromatic heterocycles. The summed E-state index contributed by atoms with van der Waals surface area (Å²) in [6, 6.07) is -1.58. The average molecular weight is 326 g/mol. The maximum Gasteiger partial charge on any atom is 0.406 e. The third-order valence-electron chi connectivity index (χ3n) is 3.47. The van der Waals surface area contributed by atoms with Gasteiger partial charge in [-0.2, -0.15) is 24.9 Å². The molecule has 1 saturated carbocycles. The third-order valence-corrected chi connectivity index (χ3v) is 4.56. The number of carboxylic acids is 1. The van der Waals surface area contributed by atoms with Gasteiger partial charge >= 0.3 is 18.2 Å². The van der Waals surface area contributed by atoms with Crippen LogP contribution in [0.2, 0.25) is 0 Å². The topological polar surface area (TPSA) is 60.9 Å². The quantitative estimate of drug-likeness (QED) is 0.859. The molecule has 1 aliphatic heterocycles. The van der Waals surface area contributed by atoms with Crippen LogP contribution in [0.15, 0.2) is 0 Å². The number of thioether (sulfide) groups is 1. The van der Waals surface area contributed by atoms with E-state index in [0.29, 0.717) is 30.9 Å². The molecule has 0 radical (unpaired) electrons. The molecule has 2 rings (SSSR count). The van der Waals surface area contributed by atoms with Crippen LogP contribution in [0.4, 0.5) is 18.0 Å². The third kappa shape index (κ3) is 4.69. The van der Waals surface area contributed by atoms with Crippen LogP contribution >= 0.6 is 11.8 Å². The van der Waals surface area contributed by atoms with Gasteiger partial charge in [0.25, 0.3) is 0 Å². The van der Waals surface area contributed by atoms with E-state index in [2.05, 4.69) is 0 Å². The zero-order chi connectivity index (χ0) is 15.6. The summed E-state index contributed by atoms with van der Waals surface area (Å²) in [5, 5.41) is 8.87. The van der Waals surface area contributed by atoms with Crippen molar-refractivity contribution < 1.29 is 27.9 Å². The van der Waals surface area contributed by atoms with Crippen LogP contribution in [0.5, 0.6) is 0 Å². The average Bonchev–Trinajstić information content (AvgIpc) is 3.18. The maximum atomic E-state index is 12.6. The predicted octanol–water partition coefficient (Wildman–Crippen LogP) is 2.03. The van der Waals surface area contributed by atoms with Gasteiger partial charge < -0.3 is 14.9 Å². The van der Waals surface area contributed by atoms with Crippen molar-refractivity contribution in [1.29, 1.82) is 0 Å². The van der Waals surface area contributed by atoms with E-state index >= 15 is 0 Å². The number of amides is 2. The summed E-state index contributed by atoms with van der Waals surface area (Å²) in [4.78, 5) is 25.4. The minimum atomic E-state index is -4.44. The first-order valence-corrected chi connectivity index (χ1v) is 7.87. The van der Waals surface area contributed by atoms with Crippen molar-refractivity contribution in [1.82, 2.24) is 9.80 Å². The fourth-order valence-corrected chi connectivity index (χ4v) is 3.44. The molecule has 120 valence electrons. The van der Waals surface area contributed by atoms with Crippen molar-refractivity contribution in [2.24, 2.45) is 0 Å². The Balaban J connectivity index is 2.08. The molecule has 0 aromatic carbocycles. The van der Waals surface area contributed by atoms with Crippen molar-refractivity contribution in [3.05, 3.63) is 0 Å². The molecule has 0 spiro atoms. The first kappa shape index (κ1) is 16.3. The molecule has 2 aliphatic rings. The molecule has 5 nitrogen and oxygen atoms in total. The molecule has 0 aromatic rings. The molecule has 1 atom stereocenters. The second-order valence-electron chi connectivity index (χ2n) is 5.28. The first-order valence-electron chi connectivity index (χ1n) is 6.71. The fraction of sp³-hybridized carbons (Fsp3) is 0.833. The highest BCUT2D eigenvalue weighted by Crippen LogP contribution is 2.32. The molecular formula is C12H17F3N2O3S. The highest BCUT2D eigenvalue weighted by molar-refractivity contribution is 7.99. The summed E-state index contributed by atoms with van der Waals surface area (Å²) in [5.74, 6) is 0.0173. The largest absolute Gasteiger partial charge is 0.481 e. The van der Waals surface area contributed by atoms with E-state index in [0.717, 1.165) is 4.90 Å². The number of halogens is 3. The molecular weight excluding hydrogens is 309 g/mol. The van der Waals surface area contributed by atoms with Gasteiger partial charge in [0.2, 0.25) is 0 Å². The number of hydrogen-bond acceptors (Lipinski definition) is 3. The Bertz CT molecular complexity index is 415. The van der Waals surface area contributed by atoms with E-state index in [1.807, 2.05) is 0 Å². The monoisotopic (exact) mass is 326 g/mol. The maximum absolute atomic E-state index is 12.6. The normalized spacial score (nSPS) is 23.0. The zero-order valence-corrected chi connectivity index (χ0v) is 12.1. The number of urea groups is 1. The lowest BCUT2D eigenvalue weighted by atomic mass is 10.2. The SMILES string of the molecule is O=C(O)CC1CSCCN1C(=O)N(CC(F)(F)F)C1CC1. The molecule has 1 N–H and O–H groups in total. The lowest BCUT2D eigenvalue weighted by Gasteiger charge is -2.38. The number of nitrogens with zero attached hydrogens (tertiary/aromatic N) is 2. The molecule has 0 bridgehead atoms. The number of aliphatic carboxylic acids is 1. The van der Waals surface area contributed by atoms with Crippen LogP contribution in [0.25, 0.3) is 0 Å². The standard InChI is InChI=1S/C12H17F3N2O3S/c13-12(14,15)7-17(8-1-2-8)11(20)16-3-4-21-6-9(16)5-10(18)19/h8-9H,1-7H2,(H,18,19). The van der Waals surface area contributed by atoms with Crippen molar-refractivity contribution in [3.8, 4) is 0 Å². The van der Waals surface area contributed by atoms with E-state index in [-0.39, 0.29) is 12.5 Å². The molecule has 21 heavy (non-hydrogen) atoms. The Morgan fingerprint density at radius 2 is 2.00 bits per heavy atom. The lowest BCUT2D eigenvalue weighted by molar-refractivity contribution is -0.143. The van der Waals surface area contributed by atoms with Crippen molar-refractivity contribution in [2.75, 3.05) is 24.6 Å². The summed E-state index contributed by atoms with van der Waals surface area (Å²) in [7, 11) is 0. The zero-order valence-electron chi connectivity index (χ0n) is 11.3. The Morgan fingerprint density at radius 1 is 1.33 bits per heavy atom. The minimum absolute atomic E-state index is 0.233. The minimum Gasteiger partial charge on any atom is -0.481 e. The van der Waals surface area contributed by atoms with Crippen LogP contribution in [0.3, 0.4) is 0 Å². The van der Waals surface area contributed by atoms with Gasteiger partial charge in [0.05, 0.1) is 12.5 Å². The van der Waals surface area contributed by atoms with Crippen molar-refractivity contribution >= 4 is 23.8 Å². The molecule has 1 heterocycles. The van der Waals surface area contributed by atoms with Crippen LogP contribution in [0, 0.1) is 0 Å². The molecule has 2 amide bonds. The number of alkyl halides is 3. The fourth-order valence-electron chi connectivity index (χ4n) is 2.37. The summed E-state index contributed by atoms with van der Waals surface area (Å²) in [6.07, 6.45) is -3.52. The van der Waals surface area contributed by atoms with Crippen LogP contribution in [-0.2, 0) is 4.79 Å². The van der Waals surface area contributed by atoms with E-state index in [1.54, 1.807) is 0 Å². The molecule has 1 saturated heterocycles. The van der Waals surface area contributed by atoms with E-state index < -0.39 is 30.8 Å². The van der Waals surface area contributed by atoms with E-state index in [9.17, 15) is 22.8 Å². The van der Waals surface area contributed by atoms with Crippen LogP contribution < -0.4 is 0 Å². The van der Waals surface area contributed by atoms with Gasteiger partial charge in [-0.05, 0) is 12.8 Å². The Kier molecular flexibility index (Phi) is 4.90. The second kappa shape index (κ2) is 6.33. The highest BCUT2D eigenvalue weighted by Gasteiger charge is 2.43. The van der Waals surface area contributed by atoms with Gasteiger partial charge in [-0.15, -0.1) is 0 Å². The lowest BCUT2D eigenvalue weighted by Crippen LogP contribution is -2.54. The summed E-state index contributed by atoms with van der Waals surface area (Å²) in [6.45, 7) is -0.970. The van der Waals surface area contributed by atoms with Crippen LogP contribution in [0.1, 0.15) is 19.3 Å². The highest BCUT2D eigenvalue weighted by atomic mass is 32.2. The number of carbonyl (C=O) groups excluding carboxylic acids is 1. The molecule has 9 heteroatoms. The number of hydrogen-bond donors (Lipinski definition) is 1. The molecule has 1 aliphatic carbocycles. The van der Waals surface area contributed by atoms with Gasteiger partial charge in [0.15, 0.2) is 0 Å². The van der Waals surface area contributed by atoms with Gasteiger partial charge in [-0.25, -0.2) is 4.79 Å². The smallest absolute Gasteiger partial charge is 0.406 e. The van der Waals surface area contributed by atoms with Crippen molar-refractivity contribution in [3.63, 3.8) is 0 Å². The summed E-state index contributed by atoms with van der Waals surface area (Å²) >= 11 is 1.52. The van der Waals surface area contributed by atoms with E-state index in [1.165, 1.54) is 16.7 Å². The first-order chi connectivity index (χ1) is 9.78. The van der Waals surface area contributed by atoms with E-state index in [4.69, 9.17) is 5.11 Å². The second-order valence-corrected chi connectivity index (χ2v) is 6.43. The summed E-state index contributed by atoms with van der Waals surface area (Å²) in [5.41, 5.74) is 0. The summed E-state index contributed by atoms with van der Waals surface area (Å²) < 4.78 is 37.9. The molecule has 2 fully saturated rings. The van der Waals surface area contributed by atoms with Crippen LogP contribution in [-0.4, -0.2) is 69.8 Å². The number of rotatable bonds is 4. The number of carbonyl (C=O) groups is 2.